The molecule has 1 saturated carbocycles. The Hall–Kier alpha value is -1.00. The lowest BCUT2D eigenvalue weighted by Gasteiger charge is -2.26. The number of anilines is 1. The van der Waals surface area contributed by atoms with Crippen LogP contribution in [0.2, 0.25) is 0 Å². The van der Waals surface area contributed by atoms with E-state index in [1.54, 1.807) is 11.8 Å². The first-order valence-electron chi connectivity index (χ1n) is 6.88. The average Bonchev–Trinajstić information content (AvgIpc) is 2.47. The summed E-state index contributed by atoms with van der Waals surface area (Å²) >= 11 is 1.68. The highest BCUT2D eigenvalue weighted by Gasteiger charge is 2.25. The first-order chi connectivity index (χ1) is 9.22. The number of carbonyl (C=O) groups excluding carboxylic acids is 1. The SMILES string of the molecule is CSc1cccc(NC(=O)C2CCC(CN)CC2)c1. The van der Waals surface area contributed by atoms with E-state index in [2.05, 4.69) is 5.32 Å². The van der Waals surface area contributed by atoms with Crippen LogP contribution in [-0.2, 0) is 4.79 Å². The number of carbonyl (C=O) groups is 1. The van der Waals surface area contributed by atoms with Crippen LogP contribution >= 0.6 is 11.8 Å². The summed E-state index contributed by atoms with van der Waals surface area (Å²) < 4.78 is 0. The molecule has 0 heterocycles. The van der Waals surface area contributed by atoms with Gasteiger partial charge in [0.25, 0.3) is 0 Å². The van der Waals surface area contributed by atoms with Crippen LogP contribution in [0.25, 0.3) is 0 Å². The van der Waals surface area contributed by atoms with E-state index in [1.165, 1.54) is 4.90 Å². The summed E-state index contributed by atoms with van der Waals surface area (Å²) in [5, 5.41) is 3.04. The fourth-order valence-corrected chi connectivity index (χ4v) is 3.06. The fourth-order valence-electron chi connectivity index (χ4n) is 2.61. The van der Waals surface area contributed by atoms with Gasteiger partial charge in [-0.15, -0.1) is 11.8 Å². The lowest BCUT2D eigenvalue weighted by Crippen LogP contribution is -2.29. The van der Waals surface area contributed by atoms with Crippen LogP contribution in [0, 0.1) is 11.8 Å². The fraction of sp³-hybridized carbons (Fsp3) is 0.533. The van der Waals surface area contributed by atoms with Crippen LogP contribution in [0.3, 0.4) is 0 Å². The Morgan fingerprint density at radius 2 is 2.11 bits per heavy atom. The van der Waals surface area contributed by atoms with Crippen molar-refractivity contribution in [1.29, 1.82) is 0 Å². The summed E-state index contributed by atoms with van der Waals surface area (Å²) in [4.78, 5) is 13.4. The van der Waals surface area contributed by atoms with Crippen molar-refractivity contribution in [2.45, 2.75) is 30.6 Å². The third-order valence-electron chi connectivity index (χ3n) is 3.89. The molecule has 1 aliphatic carbocycles. The first kappa shape index (κ1) is 14.4. The Bertz CT molecular complexity index is 428. The maximum Gasteiger partial charge on any atom is 0.227 e. The van der Waals surface area contributed by atoms with E-state index >= 15 is 0 Å². The van der Waals surface area contributed by atoms with E-state index in [1.807, 2.05) is 30.5 Å². The van der Waals surface area contributed by atoms with Crippen molar-refractivity contribution in [1.82, 2.24) is 0 Å². The van der Waals surface area contributed by atoms with Gasteiger partial charge in [0.15, 0.2) is 0 Å². The number of amides is 1. The lowest BCUT2D eigenvalue weighted by atomic mass is 9.81. The molecule has 0 aliphatic heterocycles. The molecule has 19 heavy (non-hydrogen) atoms. The number of benzene rings is 1. The van der Waals surface area contributed by atoms with Crippen molar-refractivity contribution in [2.75, 3.05) is 18.1 Å². The highest BCUT2D eigenvalue weighted by atomic mass is 32.2. The van der Waals surface area contributed by atoms with Gasteiger partial charge >= 0.3 is 0 Å². The second-order valence-electron chi connectivity index (χ2n) is 5.17. The first-order valence-corrected chi connectivity index (χ1v) is 8.10. The van der Waals surface area contributed by atoms with Crippen molar-refractivity contribution < 1.29 is 4.79 Å². The molecule has 0 bridgehead atoms. The molecule has 0 atom stereocenters. The Morgan fingerprint density at radius 3 is 2.74 bits per heavy atom. The number of thioether (sulfide) groups is 1. The van der Waals surface area contributed by atoms with E-state index in [0.29, 0.717) is 5.92 Å². The topological polar surface area (TPSA) is 55.1 Å². The van der Waals surface area contributed by atoms with E-state index < -0.39 is 0 Å². The quantitative estimate of drug-likeness (QED) is 0.832. The third-order valence-corrected chi connectivity index (χ3v) is 4.61. The monoisotopic (exact) mass is 278 g/mol. The molecule has 2 rings (SSSR count). The Kier molecular flexibility index (Phi) is 5.28. The van der Waals surface area contributed by atoms with Gasteiger partial charge < -0.3 is 11.1 Å². The van der Waals surface area contributed by atoms with E-state index in [0.717, 1.165) is 37.9 Å². The Balaban J connectivity index is 1.90. The van der Waals surface area contributed by atoms with Crippen molar-refractivity contribution in [3.63, 3.8) is 0 Å². The van der Waals surface area contributed by atoms with Gasteiger partial charge in [-0.2, -0.15) is 0 Å². The number of nitrogens with two attached hydrogens (primary N) is 1. The molecule has 0 spiro atoms. The molecule has 1 aliphatic rings. The molecule has 0 radical (unpaired) electrons. The molecule has 0 unspecified atom stereocenters. The molecular weight excluding hydrogens is 256 g/mol. The minimum Gasteiger partial charge on any atom is -0.330 e. The van der Waals surface area contributed by atoms with E-state index in [9.17, 15) is 4.79 Å². The Morgan fingerprint density at radius 1 is 1.37 bits per heavy atom. The molecule has 104 valence electrons. The van der Waals surface area contributed by atoms with Gasteiger partial charge in [0.1, 0.15) is 0 Å². The maximum atomic E-state index is 12.2. The second kappa shape index (κ2) is 6.96. The minimum absolute atomic E-state index is 0.153. The second-order valence-corrected chi connectivity index (χ2v) is 6.05. The zero-order chi connectivity index (χ0) is 13.7. The van der Waals surface area contributed by atoms with Crippen LogP contribution in [0.1, 0.15) is 25.7 Å². The van der Waals surface area contributed by atoms with Crippen LogP contribution in [-0.4, -0.2) is 18.7 Å². The molecule has 1 amide bonds. The molecule has 3 nitrogen and oxygen atoms in total. The predicted molar refractivity (Wildman–Crippen MR) is 81.4 cm³/mol. The van der Waals surface area contributed by atoms with E-state index in [-0.39, 0.29) is 11.8 Å². The zero-order valence-corrected chi connectivity index (χ0v) is 12.2. The van der Waals surface area contributed by atoms with E-state index in [4.69, 9.17) is 5.73 Å². The molecule has 0 aromatic heterocycles. The average molecular weight is 278 g/mol. The summed E-state index contributed by atoms with van der Waals surface area (Å²) in [5.74, 6) is 0.929. The van der Waals surface area contributed by atoms with Crippen LogP contribution in [0.4, 0.5) is 5.69 Å². The van der Waals surface area contributed by atoms with Crippen molar-refractivity contribution >= 4 is 23.4 Å². The molecule has 1 fully saturated rings. The minimum atomic E-state index is 0.153. The van der Waals surface area contributed by atoms with Crippen LogP contribution < -0.4 is 11.1 Å². The van der Waals surface area contributed by atoms with Crippen molar-refractivity contribution in [2.24, 2.45) is 17.6 Å². The van der Waals surface area contributed by atoms with Gasteiger partial charge in [0, 0.05) is 16.5 Å². The normalized spacial score (nSPS) is 23.1. The summed E-state index contributed by atoms with van der Waals surface area (Å²) in [6.45, 7) is 0.754. The van der Waals surface area contributed by atoms with Gasteiger partial charge in [-0.05, 0) is 62.6 Å². The van der Waals surface area contributed by atoms with Gasteiger partial charge in [-0.25, -0.2) is 0 Å². The van der Waals surface area contributed by atoms with Gasteiger partial charge in [0.2, 0.25) is 5.91 Å². The smallest absolute Gasteiger partial charge is 0.227 e. The molecule has 4 heteroatoms. The van der Waals surface area contributed by atoms with Crippen molar-refractivity contribution in [3.8, 4) is 0 Å². The molecule has 0 saturated heterocycles. The maximum absolute atomic E-state index is 12.2. The van der Waals surface area contributed by atoms with Gasteiger partial charge in [-0.1, -0.05) is 6.07 Å². The zero-order valence-electron chi connectivity index (χ0n) is 11.4. The third kappa shape index (κ3) is 3.98. The lowest BCUT2D eigenvalue weighted by molar-refractivity contribution is -0.121. The molecule has 3 N–H and O–H groups in total. The molecule has 1 aromatic rings. The summed E-state index contributed by atoms with van der Waals surface area (Å²) in [6, 6.07) is 8.00. The van der Waals surface area contributed by atoms with Gasteiger partial charge in [-0.3, -0.25) is 4.79 Å². The number of nitrogens with one attached hydrogen (secondary N) is 1. The number of hydrogen-bond donors (Lipinski definition) is 2. The summed E-state index contributed by atoms with van der Waals surface area (Å²) in [5.41, 5.74) is 6.58. The highest BCUT2D eigenvalue weighted by Crippen LogP contribution is 2.29. The Labute approximate surface area is 119 Å². The van der Waals surface area contributed by atoms with Gasteiger partial charge in [0.05, 0.1) is 0 Å². The summed E-state index contributed by atoms with van der Waals surface area (Å²) in [6.07, 6.45) is 6.14. The molecular formula is C15H22N2OS. The van der Waals surface area contributed by atoms with Crippen molar-refractivity contribution in [3.05, 3.63) is 24.3 Å². The highest BCUT2D eigenvalue weighted by molar-refractivity contribution is 7.98. The largest absolute Gasteiger partial charge is 0.330 e. The number of hydrogen-bond acceptors (Lipinski definition) is 3. The summed E-state index contributed by atoms with van der Waals surface area (Å²) in [7, 11) is 0. The molecule has 1 aromatic carbocycles. The van der Waals surface area contributed by atoms with Crippen LogP contribution in [0.5, 0.6) is 0 Å². The predicted octanol–water partition coefficient (Wildman–Crippen LogP) is 3.11. The van der Waals surface area contributed by atoms with Crippen LogP contribution in [0.15, 0.2) is 29.2 Å². The number of rotatable bonds is 4. The standard InChI is InChI=1S/C15H22N2OS/c1-19-14-4-2-3-13(9-14)17-15(18)12-7-5-11(10-16)6-8-12/h2-4,9,11-12H,5-8,10,16H2,1H3,(H,17,18).